The molecular formula is C22H26F3N3O3S. The summed E-state index contributed by atoms with van der Waals surface area (Å²) in [4.78, 5) is 15.8. The molecule has 1 amide bonds. The monoisotopic (exact) mass is 469 g/mol. The van der Waals surface area contributed by atoms with Crippen molar-refractivity contribution in [3.05, 3.63) is 59.2 Å². The molecule has 0 spiro atoms. The van der Waals surface area contributed by atoms with E-state index in [0.717, 1.165) is 5.56 Å². The summed E-state index contributed by atoms with van der Waals surface area (Å²) in [6, 6.07) is 11.2. The average molecular weight is 470 g/mol. The van der Waals surface area contributed by atoms with Gasteiger partial charge < -0.3 is 4.90 Å². The number of hydrogen-bond donors (Lipinski definition) is 1. The zero-order valence-electron chi connectivity index (χ0n) is 17.9. The summed E-state index contributed by atoms with van der Waals surface area (Å²) in [6.07, 6.45) is -3.81. The minimum Gasteiger partial charge on any atom is -0.337 e. The minimum absolute atomic E-state index is 0.152. The van der Waals surface area contributed by atoms with Crippen LogP contribution in [0.4, 0.5) is 18.9 Å². The highest BCUT2D eigenvalue weighted by molar-refractivity contribution is 7.92. The molecule has 1 aliphatic heterocycles. The van der Waals surface area contributed by atoms with Gasteiger partial charge in [0.25, 0.3) is 15.9 Å². The van der Waals surface area contributed by atoms with Crippen molar-refractivity contribution in [1.29, 1.82) is 0 Å². The molecule has 0 atom stereocenters. The molecule has 1 saturated heterocycles. The molecular weight excluding hydrogens is 443 g/mol. The fourth-order valence-corrected chi connectivity index (χ4v) is 5.05. The number of nitrogens with one attached hydrogen (secondary N) is 1. The zero-order chi connectivity index (χ0) is 23.5. The van der Waals surface area contributed by atoms with Gasteiger partial charge in [0.15, 0.2) is 0 Å². The van der Waals surface area contributed by atoms with Crippen molar-refractivity contribution in [2.24, 2.45) is 0 Å². The molecule has 174 valence electrons. The van der Waals surface area contributed by atoms with Crippen molar-refractivity contribution in [1.82, 2.24) is 9.80 Å². The van der Waals surface area contributed by atoms with Crippen LogP contribution in [0.3, 0.4) is 0 Å². The van der Waals surface area contributed by atoms with Crippen molar-refractivity contribution < 1.29 is 26.4 Å². The topological polar surface area (TPSA) is 69.7 Å². The molecule has 1 heterocycles. The highest BCUT2D eigenvalue weighted by Gasteiger charge is 2.32. The lowest BCUT2D eigenvalue weighted by atomic mass is 10.2. The van der Waals surface area contributed by atoms with E-state index in [4.69, 9.17) is 0 Å². The van der Waals surface area contributed by atoms with Crippen LogP contribution in [0.15, 0.2) is 47.4 Å². The largest absolute Gasteiger partial charge is 0.401 e. The molecule has 2 aromatic carbocycles. The van der Waals surface area contributed by atoms with Gasteiger partial charge in [0.05, 0.1) is 11.4 Å². The van der Waals surface area contributed by atoms with Gasteiger partial charge in [-0.2, -0.15) is 13.2 Å². The summed E-state index contributed by atoms with van der Waals surface area (Å²) < 4.78 is 65.9. The average Bonchev–Trinajstić information content (AvgIpc) is 2.93. The Morgan fingerprint density at radius 3 is 2.34 bits per heavy atom. The number of halogens is 3. The van der Waals surface area contributed by atoms with Crippen LogP contribution in [-0.2, 0) is 10.0 Å². The van der Waals surface area contributed by atoms with Gasteiger partial charge in [-0.05, 0) is 61.7 Å². The second-order valence-electron chi connectivity index (χ2n) is 7.99. The Hall–Kier alpha value is -2.59. The van der Waals surface area contributed by atoms with Gasteiger partial charge >= 0.3 is 6.18 Å². The lowest BCUT2D eigenvalue weighted by Gasteiger charge is -2.23. The molecule has 0 bridgehead atoms. The molecule has 10 heteroatoms. The second kappa shape index (κ2) is 9.50. The molecule has 0 saturated carbocycles. The molecule has 2 aromatic rings. The van der Waals surface area contributed by atoms with Crippen LogP contribution in [0.2, 0.25) is 0 Å². The number of nitrogens with zero attached hydrogens (tertiary/aromatic N) is 2. The van der Waals surface area contributed by atoms with E-state index in [2.05, 4.69) is 4.72 Å². The van der Waals surface area contributed by atoms with Crippen LogP contribution >= 0.6 is 0 Å². The van der Waals surface area contributed by atoms with E-state index >= 15 is 0 Å². The molecule has 32 heavy (non-hydrogen) atoms. The van der Waals surface area contributed by atoms with Crippen LogP contribution in [0.5, 0.6) is 0 Å². The smallest absolute Gasteiger partial charge is 0.337 e. The highest BCUT2D eigenvalue weighted by Crippen LogP contribution is 2.22. The SMILES string of the molecule is Cc1ccc(C)c(S(=O)(=O)Nc2ccc(C(=O)N3CCCN(CC(F)(F)F)CC3)cc2)c1. The molecule has 0 radical (unpaired) electrons. The van der Waals surface area contributed by atoms with Gasteiger partial charge in [-0.1, -0.05) is 12.1 Å². The Morgan fingerprint density at radius 1 is 1.00 bits per heavy atom. The predicted octanol–water partition coefficient (Wildman–Crippen LogP) is 3.81. The third-order valence-corrected chi connectivity index (χ3v) is 6.82. The van der Waals surface area contributed by atoms with Crippen LogP contribution in [-0.4, -0.2) is 63.0 Å². The Kier molecular flexibility index (Phi) is 7.14. The summed E-state index contributed by atoms with van der Waals surface area (Å²) in [5.41, 5.74) is 2.11. The van der Waals surface area contributed by atoms with Gasteiger partial charge in [-0.3, -0.25) is 14.4 Å². The number of rotatable bonds is 5. The normalized spacial score (nSPS) is 16.0. The predicted molar refractivity (Wildman–Crippen MR) is 116 cm³/mol. The van der Waals surface area contributed by atoms with Crippen LogP contribution in [0.1, 0.15) is 27.9 Å². The van der Waals surface area contributed by atoms with E-state index in [1.807, 2.05) is 13.0 Å². The van der Waals surface area contributed by atoms with Gasteiger partial charge in [0, 0.05) is 37.4 Å². The van der Waals surface area contributed by atoms with E-state index in [0.29, 0.717) is 29.8 Å². The Bertz CT molecular complexity index is 1070. The van der Waals surface area contributed by atoms with Crippen molar-refractivity contribution in [3.63, 3.8) is 0 Å². The molecule has 0 aliphatic carbocycles. The van der Waals surface area contributed by atoms with Crippen molar-refractivity contribution in [2.75, 3.05) is 37.4 Å². The zero-order valence-corrected chi connectivity index (χ0v) is 18.8. The van der Waals surface area contributed by atoms with Gasteiger partial charge in [-0.25, -0.2) is 8.42 Å². The third kappa shape index (κ3) is 6.23. The number of hydrogen-bond acceptors (Lipinski definition) is 4. The first kappa shape index (κ1) is 24.1. The summed E-state index contributed by atoms with van der Waals surface area (Å²) in [7, 11) is -3.79. The fraction of sp³-hybridized carbons (Fsp3) is 0.409. The number of carbonyl (C=O) groups is 1. The molecule has 1 aliphatic rings. The van der Waals surface area contributed by atoms with E-state index in [9.17, 15) is 26.4 Å². The van der Waals surface area contributed by atoms with Crippen LogP contribution in [0.25, 0.3) is 0 Å². The maximum absolute atomic E-state index is 12.8. The first-order chi connectivity index (χ1) is 14.9. The lowest BCUT2D eigenvalue weighted by Crippen LogP contribution is -2.38. The number of alkyl halides is 3. The molecule has 3 rings (SSSR count). The first-order valence-electron chi connectivity index (χ1n) is 10.2. The second-order valence-corrected chi connectivity index (χ2v) is 9.64. The maximum Gasteiger partial charge on any atom is 0.401 e. The third-order valence-electron chi connectivity index (χ3n) is 5.30. The fourth-order valence-electron chi connectivity index (χ4n) is 3.66. The van der Waals surface area contributed by atoms with E-state index in [1.54, 1.807) is 19.1 Å². The lowest BCUT2D eigenvalue weighted by molar-refractivity contribution is -0.145. The summed E-state index contributed by atoms with van der Waals surface area (Å²) in [5.74, 6) is -0.289. The number of amides is 1. The van der Waals surface area contributed by atoms with E-state index in [-0.39, 0.29) is 30.4 Å². The first-order valence-corrected chi connectivity index (χ1v) is 11.7. The quantitative estimate of drug-likeness (QED) is 0.723. The van der Waals surface area contributed by atoms with Gasteiger partial charge in [0.2, 0.25) is 0 Å². The van der Waals surface area contributed by atoms with Crippen molar-refractivity contribution in [3.8, 4) is 0 Å². The minimum atomic E-state index is -4.26. The summed E-state index contributed by atoms with van der Waals surface area (Å²) in [5, 5.41) is 0. The number of aryl methyl sites for hydroxylation is 2. The summed E-state index contributed by atoms with van der Waals surface area (Å²) >= 11 is 0. The van der Waals surface area contributed by atoms with Gasteiger partial charge in [0.1, 0.15) is 0 Å². The standard InChI is InChI=1S/C22H26F3N3O3S/c1-16-4-5-17(2)20(14-16)32(30,31)26-19-8-6-18(7-9-19)21(29)28-11-3-10-27(12-13-28)15-22(23,24)25/h4-9,14,26H,3,10-13,15H2,1-2H3. The van der Waals surface area contributed by atoms with Gasteiger partial charge in [-0.15, -0.1) is 0 Å². The molecule has 1 N–H and O–H groups in total. The number of sulfonamides is 1. The number of carbonyl (C=O) groups excluding carboxylic acids is 1. The van der Waals surface area contributed by atoms with E-state index < -0.39 is 22.7 Å². The van der Waals surface area contributed by atoms with E-state index in [1.165, 1.54) is 34.1 Å². The molecule has 0 unspecified atom stereocenters. The Morgan fingerprint density at radius 2 is 1.69 bits per heavy atom. The van der Waals surface area contributed by atoms with Crippen molar-refractivity contribution in [2.45, 2.75) is 31.3 Å². The number of benzene rings is 2. The maximum atomic E-state index is 12.8. The molecule has 1 fully saturated rings. The van der Waals surface area contributed by atoms with Crippen LogP contribution in [0, 0.1) is 13.8 Å². The molecule has 0 aromatic heterocycles. The van der Waals surface area contributed by atoms with Crippen molar-refractivity contribution >= 4 is 21.6 Å². The van der Waals surface area contributed by atoms with Crippen LogP contribution < -0.4 is 4.72 Å². The highest BCUT2D eigenvalue weighted by atomic mass is 32.2. The Balaban J connectivity index is 1.66. The number of anilines is 1. The summed E-state index contributed by atoms with van der Waals surface area (Å²) in [6.45, 7) is 3.55. The molecule has 6 nitrogen and oxygen atoms in total. The Labute approximate surface area is 186 Å².